The molecule has 0 atom stereocenters. The van der Waals surface area contributed by atoms with Gasteiger partial charge in [0.15, 0.2) is 11.7 Å². The zero-order valence-electron chi connectivity index (χ0n) is 18.5. The second-order valence-corrected chi connectivity index (χ2v) is 7.49. The molecule has 0 bridgehead atoms. The fourth-order valence-electron chi connectivity index (χ4n) is 3.07. The first kappa shape index (κ1) is 22.1. The molecule has 0 aliphatic rings. The molecule has 7 heteroatoms. The molecule has 0 radical (unpaired) electrons. The van der Waals surface area contributed by atoms with Crippen molar-refractivity contribution in [1.82, 2.24) is 20.5 Å². The SMILES string of the molecule is CN=C(NCCc1cccc(C(=O)N(C)C)c1)NCc1ncc(-c2ccc(C)cc2)o1. The maximum atomic E-state index is 12.1. The molecular weight excluding hydrogens is 390 g/mol. The number of aromatic nitrogens is 1. The maximum Gasteiger partial charge on any atom is 0.253 e. The van der Waals surface area contributed by atoms with Crippen LogP contribution in [0.2, 0.25) is 0 Å². The van der Waals surface area contributed by atoms with Gasteiger partial charge in [-0.1, -0.05) is 42.0 Å². The number of rotatable bonds is 7. The van der Waals surface area contributed by atoms with E-state index in [2.05, 4.69) is 27.5 Å². The van der Waals surface area contributed by atoms with Crippen LogP contribution in [0.15, 0.2) is 64.1 Å². The molecule has 1 amide bonds. The molecule has 3 rings (SSSR count). The van der Waals surface area contributed by atoms with Crippen molar-refractivity contribution in [3.63, 3.8) is 0 Å². The summed E-state index contributed by atoms with van der Waals surface area (Å²) in [5.41, 5.74) is 3.99. The molecular formula is C24H29N5O2. The third-order valence-electron chi connectivity index (χ3n) is 4.81. The molecule has 162 valence electrons. The Morgan fingerprint density at radius 1 is 1.13 bits per heavy atom. The molecule has 2 aromatic carbocycles. The minimum absolute atomic E-state index is 0.00300. The summed E-state index contributed by atoms with van der Waals surface area (Å²) in [4.78, 5) is 22.3. The first-order valence-electron chi connectivity index (χ1n) is 10.2. The van der Waals surface area contributed by atoms with Crippen LogP contribution in [0.3, 0.4) is 0 Å². The van der Waals surface area contributed by atoms with Gasteiger partial charge in [0.2, 0.25) is 5.89 Å². The van der Waals surface area contributed by atoms with E-state index in [1.165, 1.54) is 5.56 Å². The van der Waals surface area contributed by atoms with Crippen molar-refractivity contribution in [3.8, 4) is 11.3 Å². The monoisotopic (exact) mass is 419 g/mol. The lowest BCUT2D eigenvalue weighted by Gasteiger charge is -2.12. The Labute approximate surface area is 183 Å². The number of hydrogen-bond donors (Lipinski definition) is 2. The number of guanidine groups is 1. The molecule has 7 nitrogen and oxygen atoms in total. The first-order chi connectivity index (χ1) is 15.0. The quantitative estimate of drug-likeness (QED) is 0.454. The molecule has 3 aromatic rings. The highest BCUT2D eigenvalue weighted by atomic mass is 16.4. The van der Waals surface area contributed by atoms with E-state index in [1.54, 1.807) is 32.2 Å². The van der Waals surface area contributed by atoms with Gasteiger partial charge in [-0.25, -0.2) is 4.98 Å². The topological polar surface area (TPSA) is 82.8 Å². The van der Waals surface area contributed by atoms with Gasteiger partial charge in [0, 0.05) is 38.8 Å². The van der Waals surface area contributed by atoms with E-state index in [4.69, 9.17) is 4.42 Å². The lowest BCUT2D eigenvalue weighted by atomic mass is 10.1. The van der Waals surface area contributed by atoms with Gasteiger partial charge < -0.3 is 20.0 Å². The molecule has 0 aliphatic carbocycles. The number of benzene rings is 2. The zero-order valence-corrected chi connectivity index (χ0v) is 18.5. The van der Waals surface area contributed by atoms with Crippen LogP contribution in [0.25, 0.3) is 11.3 Å². The largest absolute Gasteiger partial charge is 0.439 e. The van der Waals surface area contributed by atoms with E-state index >= 15 is 0 Å². The molecule has 0 saturated heterocycles. The molecule has 31 heavy (non-hydrogen) atoms. The summed E-state index contributed by atoms with van der Waals surface area (Å²) in [6.45, 7) is 3.16. The fraction of sp³-hybridized carbons (Fsp3) is 0.292. The van der Waals surface area contributed by atoms with E-state index in [0.717, 1.165) is 23.3 Å². The van der Waals surface area contributed by atoms with E-state index in [-0.39, 0.29) is 5.91 Å². The van der Waals surface area contributed by atoms with Crippen molar-refractivity contribution >= 4 is 11.9 Å². The first-order valence-corrected chi connectivity index (χ1v) is 10.2. The van der Waals surface area contributed by atoms with Crippen LogP contribution in [0.4, 0.5) is 0 Å². The Balaban J connectivity index is 1.49. The van der Waals surface area contributed by atoms with Crippen molar-refractivity contribution in [2.75, 3.05) is 27.7 Å². The number of aliphatic imine (C=N–C) groups is 1. The molecule has 0 aliphatic heterocycles. The third-order valence-corrected chi connectivity index (χ3v) is 4.81. The van der Waals surface area contributed by atoms with Crippen molar-refractivity contribution in [2.45, 2.75) is 19.9 Å². The third kappa shape index (κ3) is 6.18. The Bertz CT molecular complexity index is 1040. The molecule has 0 unspecified atom stereocenters. The van der Waals surface area contributed by atoms with E-state index in [9.17, 15) is 4.79 Å². The van der Waals surface area contributed by atoms with Crippen LogP contribution in [0, 0.1) is 6.92 Å². The summed E-state index contributed by atoms with van der Waals surface area (Å²) >= 11 is 0. The van der Waals surface area contributed by atoms with Gasteiger partial charge >= 0.3 is 0 Å². The number of amides is 1. The number of carbonyl (C=O) groups excluding carboxylic acids is 1. The number of nitrogens with one attached hydrogen (secondary N) is 2. The van der Waals surface area contributed by atoms with Crippen molar-refractivity contribution < 1.29 is 9.21 Å². The standard InChI is InChI=1S/C24H29N5O2/c1-17-8-10-19(11-9-17)21-15-27-22(31-21)16-28-24(25-2)26-13-12-18-6-5-7-20(14-18)23(30)29(3)4/h5-11,14-15H,12-13,16H2,1-4H3,(H2,25,26,28). The van der Waals surface area contributed by atoms with Crippen molar-refractivity contribution in [3.05, 3.63) is 77.3 Å². The van der Waals surface area contributed by atoms with Crippen LogP contribution in [-0.4, -0.2) is 49.4 Å². The molecule has 1 heterocycles. The number of aryl methyl sites for hydroxylation is 1. The van der Waals surface area contributed by atoms with Crippen LogP contribution in [0.1, 0.15) is 27.4 Å². The predicted molar refractivity (Wildman–Crippen MR) is 123 cm³/mol. The lowest BCUT2D eigenvalue weighted by molar-refractivity contribution is 0.0827. The van der Waals surface area contributed by atoms with Crippen LogP contribution in [0.5, 0.6) is 0 Å². The van der Waals surface area contributed by atoms with Gasteiger partial charge in [0.25, 0.3) is 5.91 Å². The lowest BCUT2D eigenvalue weighted by Crippen LogP contribution is -2.37. The number of oxazole rings is 1. The second kappa shape index (κ2) is 10.4. The van der Waals surface area contributed by atoms with E-state index in [1.807, 2.05) is 48.5 Å². The molecule has 0 spiro atoms. The summed E-state index contributed by atoms with van der Waals surface area (Å²) in [6, 6.07) is 15.8. The minimum atomic E-state index is 0.00300. The summed E-state index contributed by atoms with van der Waals surface area (Å²) in [6.07, 6.45) is 2.51. The average Bonchev–Trinajstić information content (AvgIpc) is 3.25. The number of nitrogens with zero attached hydrogens (tertiary/aromatic N) is 3. The summed E-state index contributed by atoms with van der Waals surface area (Å²) in [5.74, 6) is 2.00. The number of hydrogen-bond acceptors (Lipinski definition) is 4. The Morgan fingerprint density at radius 2 is 1.90 bits per heavy atom. The Hall–Kier alpha value is -3.61. The summed E-state index contributed by atoms with van der Waals surface area (Å²) in [7, 11) is 5.23. The zero-order chi connectivity index (χ0) is 22.2. The van der Waals surface area contributed by atoms with Crippen LogP contribution < -0.4 is 10.6 Å². The van der Waals surface area contributed by atoms with Gasteiger partial charge in [-0.3, -0.25) is 9.79 Å². The average molecular weight is 420 g/mol. The van der Waals surface area contributed by atoms with Gasteiger partial charge in [-0.05, 0) is 31.0 Å². The summed E-state index contributed by atoms with van der Waals surface area (Å²) in [5, 5.41) is 6.49. The number of carbonyl (C=O) groups is 1. The summed E-state index contributed by atoms with van der Waals surface area (Å²) < 4.78 is 5.84. The minimum Gasteiger partial charge on any atom is -0.439 e. The normalized spacial score (nSPS) is 11.3. The van der Waals surface area contributed by atoms with Gasteiger partial charge in [-0.2, -0.15) is 0 Å². The van der Waals surface area contributed by atoms with Crippen molar-refractivity contribution in [1.29, 1.82) is 0 Å². The second-order valence-electron chi connectivity index (χ2n) is 7.49. The van der Waals surface area contributed by atoms with Gasteiger partial charge in [0.1, 0.15) is 0 Å². The van der Waals surface area contributed by atoms with Crippen LogP contribution >= 0.6 is 0 Å². The smallest absolute Gasteiger partial charge is 0.253 e. The highest BCUT2D eigenvalue weighted by molar-refractivity contribution is 5.94. The van der Waals surface area contributed by atoms with E-state index in [0.29, 0.717) is 30.5 Å². The Kier molecular flexibility index (Phi) is 7.43. The predicted octanol–water partition coefficient (Wildman–Crippen LogP) is 3.26. The highest BCUT2D eigenvalue weighted by Crippen LogP contribution is 2.20. The van der Waals surface area contributed by atoms with Crippen molar-refractivity contribution in [2.24, 2.45) is 4.99 Å². The maximum absolute atomic E-state index is 12.1. The highest BCUT2D eigenvalue weighted by Gasteiger charge is 2.09. The van der Waals surface area contributed by atoms with Gasteiger partial charge in [-0.15, -0.1) is 0 Å². The molecule has 1 aromatic heterocycles. The molecule has 2 N–H and O–H groups in total. The van der Waals surface area contributed by atoms with Crippen LogP contribution in [-0.2, 0) is 13.0 Å². The molecule has 0 fully saturated rings. The fourth-order valence-corrected chi connectivity index (χ4v) is 3.07. The molecule has 0 saturated carbocycles. The van der Waals surface area contributed by atoms with Gasteiger partial charge in [0.05, 0.1) is 12.7 Å². The van der Waals surface area contributed by atoms with E-state index < -0.39 is 0 Å². The Morgan fingerprint density at radius 3 is 2.61 bits per heavy atom.